The average Bonchev–Trinajstić information content (AvgIpc) is 2.31. The smallest absolute Gasteiger partial charge is 0.101 e. The Morgan fingerprint density at radius 1 is 1.25 bits per heavy atom. The second-order valence-corrected chi connectivity index (χ2v) is 5.04. The summed E-state index contributed by atoms with van der Waals surface area (Å²) in [4.78, 5) is 0. The van der Waals surface area contributed by atoms with E-state index in [2.05, 4.69) is 6.07 Å². The van der Waals surface area contributed by atoms with Crippen molar-refractivity contribution in [1.82, 2.24) is 0 Å². The fourth-order valence-corrected chi connectivity index (χ4v) is 2.75. The number of nitriles is 1. The van der Waals surface area contributed by atoms with Crippen molar-refractivity contribution in [3.63, 3.8) is 0 Å². The van der Waals surface area contributed by atoms with Crippen molar-refractivity contribution in [2.45, 2.75) is 38.5 Å². The molecule has 0 aromatic heterocycles. The van der Waals surface area contributed by atoms with E-state index in [1.165, 1.54) is 37.7 Å². The molecule has 1 aliphatic carbocycles. The first-order valence-corrected chi connectivity index (χ1v) is 6.36. The molecular formula is C14H16ClN. The predicted molar refractivity (Wildman–Crippen MR) is 66.4 cm³/mol. The molecule has 1 aromatic rings. The summed E-state index contributed by atoms with van der Waals surface area (Å²) in [7, 11) is 0. The van der Waals surface area contributed by atoms with Crippen molar-refractivity contribution in [3.8, 4) is 6.07 Å². The summed E-state index contributed by atoms with van der Waals surface area (Å²) in [6, 6.07) is 7.92. The van der Waals surface area contributed by atoms with Crippen LogP contribution < -0.4 is 0 Å². The zero-order chi connectivity index (χ0) is 11.4. The van der Waals surface area contributed by atoms with E-state index in [0.29, 0.717) is 10.6 Å². The molecule has 16 heavy (non-hydrogen) atoms. The van der Waals surface area contributed by atoms with Crippen LogP contribution in [-0.4, -0.2) is 0 Å². The van der Waals surface area contributed by atoms with Gasteiger partial charge in [-0.15, -0.1) is 0 Å². The van der Waals surface area contributed by atoms with E-state index < -0.39 is 0 Å². The third kappa shape index (κ3) is 2.77. The van der Waals surface area contributed by atoms with Crippen molar-refractivity contribution in [2.75, 3.05) is 0 Å². The van der Waals surface area contributed by atoms with Crippen LogP contribution in [0.25, 0.3) is 0 Å². The molecule has 2 heteroatoms. The van der Waals surface area contributed by atoms with Gasteiger partial charge < -0.3 is 0 Å². The molecule has 1 nitrogen and oxygen atoms in total. The maximum atomic E-state index is 8.80. The first-order valence-electron chi connectivity index (χ1n) is 5.98. The van der Waals surface area contributed by atoms with Crippen LogP contribution in [0, 0.1) is 17.2 Å². The molecular weight excluding hydrogens is 218 g/mol. The van der Waals surface area contributed by atoms with Crippen LogP contribution in [0.5, 0.6) is 0 Å². The van der Waals surface area contributed by atoms with E-state index in [9.17, 15) is 0 Å². The number of nitrogens with zero attached hydrogens (tertiary/aromatic N) is 1. The van der Waals surface area contributed by atoms with Gasteiger partial charge in [-0.2, -0.15) is 5.26 Å². The van der Waals surface area contributed by atoms with Crippen molar-refractivity contribution in [2.24, 2.45) is 5.92 Å². The Morgan fingerprint density at radius 2 is 2.00 bits per heavy atom. The van der Waals surface area contributed by atoms with Crippen LogP contribution >= 0.6 is 11.6 Å². The Bertz CT molecular complexity index is 400. The summed E-state index contributed by atoms with van der Waals surface area (Å²) in [5, 5.41) is 9.39. The minimum atomic E-state index is 0.578. The molecule has 0 saturated heterocycles. The van der Waals surface area contributed by atoms with Gasteiger partial charge in [0, 0.05) is 0 Å². The summed E-state index contributed by atoms with van der Waals surface area (Å²) < 4.78 is 0. The maximum Gasteiger partial charge on any atom is 0.101 e. The van der Waals surface area contributed by atoms with Crippen molar-refractivity contribution < 1.29 is 0 Å². The van der Waals surface area contributed by atoms with Gasteiger partial charge in [0.15, 0.2) is 0 Å². The van der Waals surface area contributed by atoms with Gasteiger partial charge in [0.1, 0.15) is 6.07 Å². The Labute approximate surface area is 102 Å². The zero-order valence-corrected chi connectivity index (χ0v) is 10.1. The van der Waals surface area contributed by atoms with E-state index in [1.807, 2.05) is 18.2 Å². The largest absolute Gasteiger partial charge is 0.192 e. The summed E-state index contributed by atoms with van der Waals surface area (Å²) in [6.07, 6.45) is 7.94. The third-order valence-corrected chi connectivity index (χ3v) is 3.72. The molecule has 0 aliphatic heterocycles. The Kier molecular flexibility index (Phi) is 3.85. The van der Waals surface area contributed by atoms with E-state index in [-0.39, 0.29) is 0 Å². The number of benzene rings is 1. The highest BCUT2D eigenvalue weighted by atomic mass is 35.5. The standard InChI is InChI=1S/C14H16ClN/c15-14-9-12(6-7-13(14)10-16)8-11-4-2-1-3-5-11/h6-7,9,11H,1-5,8H2. The molecule has 0 spiro atoms. The van der Waals surface area contributed by atoms with Crippen LogP contribution in [0.4, 0.5) is 0 Å². The monoisotopic (exact) mass is 233 g/mol. The molecule has 0 atom stereocenters. The van der Waals surface area contributed by atoms with Gasteiger partial charge in [0.2, 0.25) is 0 Å². The van der Waals surface area contributed by atoms with Gasteiger partial charge >= 0.3 is 0 Å². The van der Waals surface area contributed by atoms with Gasteiger partial charge in [-0.25, -0.2) is 0 Å². The van der Waals surface area contributed by atoms with Gasteiger partial charge in [-0.3, -0.25) is 0 Å². The lowest BCUT2D eigenvalue weighted by Gasteiger charge is -2.21. The van der Waals surface area contributed by atoms with E-state index in [4.69, 9.17) is 16.9 Å². The Hall–Kier alpha value is -1.00. The lowest BCUT2D eigenvalue weighted by Crippen LogP contribution is -2.09. The first-order chi connectivity index (χ1) is 7.79. The summed E-state index contributed by atoms with van der Waals surface area (Å²) in [5.41, 5.74) is 1.85. The highest BCUT2D eigenvalue weighted by Crippen LogP contribution is 2.28. The molecule has 2 rings (SSSR count). The van der Waals surface area contributed by atoms with Crippen LogP contribution in [0.3, 0.4) is 0 Å². The lowest BCUT2D eigenvalue weighted by molar-refractivity contribution is 0.356. The van der Waals surface area contributed by atoms with Crippen molar-refractivity contribution >= 4 is 11.6 Å². The number of hydrogen-bond donors (Lipinski definition) is 0. The number of rotatable bonds is 2. The molecule has 1 fully saturated rings. The second kappa shape index (κ2) is 5.37. The van der Waals surface area contributed by atoms with Gasteiger partial charge in [0.25, 0.3) is 0 Å². The molecule has 0 bridgehead atoms. The summed E-state index contributed by atoms with van der Waals surface area (Å²) >= 11 is 6.02. The minimum Gasteiger partial charge on any atom is -0.192 e. The van der Waals surface area contributed by atoms with Crippen LogP contribution in [-0.2, 0) is 6.42 Å². The predicted octanol–water partition coefficient (Wildman–Crippen LogP) is 4.33. The minimum absolute atomic E-state index is 0.578. The molecule has 0 N–H and O–H groups in total. The highest BCUT2D eigenvalue weighted by Gasteiger charge is 2.14. The van der Waals surface area contributed by atoms with E-state index in [1.54, 1.807) is 0 Å². The molecule has 0 unspecified atom stereocenters. The molecule has 84 valence electrons. The quantitative estimate of drug-likeness (QED) is 0.746. The fourth-order valence-electron chi connectivity index (χ4n) is 2.50. The second-order valence-electron chi connectivity index (χ2n) is 4.63. The Balaban J connectivity index is 2.04. The maximum absolute atomic E-state index is 8.80. The van der Waals surface area contributed by atoms with Crippen LogP contribution in [0.2, 0.25) is 5.02 Å². The van der Waals surface area contributed by atoms with Gasteiger partial charge in [0.05, 0.1) is 10.6 Å². The molecule has 0 radical (unpaired) electrons. The van der Waals surface area contributed by atoms with E-state index >= 15 is 0 Å². The third-order valence-electron chi connectivity index (χ3n) is 3.40. The van der Waals surface area contributed by atoms with Crippen LogP contribution in [0.15, 0.2) is 18.2 Å². The Morgan fingerprint density at radius 3 is 2.62 bits per heavy atom. The lowest BCUT2D eigenvalue weighted by atomic mass is 9.85. The normalized spacial score (nSPS) is 17.0. The molecule has 1 aromatic carbocycles. The molecule has 1 saturated carbocycles. The number of halogens is 1. The van der Waals surface area contributed by atoms with E-state index in [0.717, 1.165) is 12.3 Å². The fraction of sp³-hybridized carbons (Fsp3) is 0.500. The zero-order valence-electron chi connectivity index (χ0n) is 9.38. The van der Waals surface area contributed by atoms with Gasteiger partial charge in [-0.1, -0.05) is 49.8 Å². The summed E-state index contributed by atoms with van der Waals surface area (Å²) in [6.45, 7) is 0. The number of hydrogen-bond acceptors (Lipinski definition) is 1. The molecule has 0 amide bonds. The van der Waals surface area contributed by atoms with Crippen molar-refractivity contribution in [3.05, 3.63) is 34.3 Å². The topological polar surface area (TPSA) is 23.8 Å². The van der Waals surface area contributed by atoms with Crippen molar-refractivity contribution in [1.29, 1.82) is 5.26 Å². The summed E-state index contributed by atoms with van der Waals surface area (Å²) in [5.74, 6) is 0.817. The van der Waals surface area contributed by atoms with Gasteiger partial charge in [-0.05, 0) is 30.0 Å². The molecule has 1 aliphatic rings. The average molecular weight is 234 g/mol. The van der Waals surface area contributed by atoms with Crippen LogP contribution in [0.1, 0.15) is 43.2 Å². The highest BCUT2D eigenvalue weighted by molar-refractivity contribution is 6.31. The molecule has 0 heterocycles. The SMILES string of the molecule is N#Cc1ccc(CC2CCCCC2)cc1Cl. The first kappa shape index (κ1) is 11.5.